The molecular weight excluding hydrogens is 180 g/mol. The lowest BCUT2D eigenvalue weighted by Crippen LogP contribution is -2.07. The van der Waals surface area contributed by atoms with Crippen LogP contribution in [0.15, 0.2) is 17.6 Å². The van der Waals surface area contributed by atoms with E-state index < -0.39 is 0 Å². The molecule has 0 aliphatic heterocycles. The molecule has 0 aromatic heterocycles. The van der Waals surface area contributed by atoms with Gasteiger partial charge in [0.05, 0.1) is 12.3 Å². The Kier molecular flexibility index (Phi) is 11.1. The van der Waals surface area contributed by atoms with Crippen molar-refractivity contribution in [2.24, 2.45) is 10.7 Å². The molecule has 0 atom stereocenters. The van der Waals surface area contributed by atoms with Crippen molar-refractivity contribution in [3.05, 3.63) is 12.7 Å². The molecule has 0 bridgehead atoms. The van der Waals surface area contributed by atoms with Gasteiger partial charge in [-0.15, -0.1) is 25.4 Å². The summed E-state index contributed by atoms with van der Waals surface area (Å²) in [4.78, 5) is 3.92. The first-order valence-electron chi connectivity index (χ1n) is 2.78. The van der Waals surface area contributed by atoms with Crippen molar-refractivity contribution in [1.82, 2.24) is 0 Å². The number of thioether (sulfide) groups is 1. The van der Waals surface area contributed by atoms with Gasteiger partial charge in [-0.2, -0.15) is 0 Å². The van der Waals surface area contributed by atoms with Gasteiger partial charge in [0.2, 0.25) is 0 Å². The second-order valence-electron chi connectivity index (χ2n) is 1.46. The van der Waals surface area contributed by atoms with E-state index in [1.807, 2.05) is 0 Å². The molecule has 62 valence electrons. The fourth-order valence-corrected chi connectivity index (χ4v) is 0.713. The first-order valence-corrected chi connectivity index (χ1v) is 3.77. The van der Waals surface area contributed by atoms with E-state index in [0.29, 0.717) is 17.5 Å². The third-order valence-corrected chi connectivity index (χ3v) is 1.42. The van der Waals surface area contributed by atoms with Crippen molar-refractivity contribution in [3.8, 4) is 12.3 Å². The molecule has 0 unspecified atom stereocenters. The number of amidine groups is 1. The van der Waals surface area contributed by atoms with Gasteiger partial charge in [0.15, 0.2) is 5.17 Å². The van der Waals surface area contributed by atoms with E-state index >= 15 is 0 Å². The van der Waals surface area contributed by atoms with Crippen molar-refractivity contribution in [2.75, 3.05) is 12.3 Å². The number of halogens is 1. The Labute approximate surface area is 77.7 Å². The Morgan fingerprint density at radius 3 is 2.91 bits per heavy atom. The number of nitrogens with zero attached hydrogens (tertiary/aromatic N) is 1. The van der Waals surface area contributed by atoms with Gasteiger partial charge in [0, 0.05) is 0 Å². The van der Waals surface area contributed by atoms with Crippen LogP contribution in [-0.4, -0.2) is 17.5 Å². The Balaban J connectivity index is 0. The van der Waals surface area contributed by atoms with Crippen molar-refractivity contribution >= 4 is 29.3 Å². The highest BCUT2D eigenvalue weighted by atomic mass is 35.5. The standard InChI is InChI=1S/C7H10N2S.ClH/c1-3-5-9-7(8)10-6-4-2;/h2-3H,1,5-6H2,(H2,8,9);1H. The van der Waals surface area contributed by atoms with Crippen molar-refractivity contribution in [1.29, 1.82) is 0 Å². The van der Waals surface area contributed by atoms with E-state index in [-0.39, 0.29) is 12.4 Å². The van der Waals surface area contributed by atoms with Gasteiger partial charge >= 0.3 is 0 Å². The average Bonchev–Trinajstić information content (AvgIpc) is 1.97. The zero-order valence-electron chi connectivity index (χ0n) is 6.12. The quantitative estimate of drug-likeness (QED) is 0.315. The summed E-state index contributed by atoms with van der Waals surface area (Å²) in [7, 11) is 0. The minimum atomic E-state index is 0. The SMILES string of the molecule is C#CCSC(N)=NCC=C.Cl. The molecule has 0 saturated heterocycles. The largest absolute Gasteiger partial charge is 0.379 e. The lowest BCUT2D eigenvalue weighted by atomic mass is 10.7. The number of rotatable bonds is 3. The van der Waals surface area contributed by atoms with Gasteiger partial charge in [0.25, 0.3) is 0 Å². The summed E-state index contributed by atoms with van der Waals surface area (Å²) in [6.45, 7) is 4.06. The molecule has 0 heterocycles. The molecule has 0 radical (unpaired) electrons. The lowest BCUT2D eigenvalue weighted by Gasteiger charge is -1.92. The Bertz CT molecular complexity index is 172. The normalized spacial score (nSPS) is 9.55. The zero-order valence-corrected chi connectivity index (χ0v) is 7.75. The van der Waals surface area contributed by atoms with E-state index in [9.17, 15) is 0 Å². The van der Waals surface area contributed by atoms with Crippen LogP contribution in [0.4, 0.5) is 0 Å². The van der Waals surface area contributed by atoms with E-state index in [2.05, 4.69) is 17.5 Å². The fraction of sp³-hybridized carbons (Fsp3) is 0.286. The second kappa shape index (κ2) is 9.41. The molecule has 4 heteroatoms. The van der Waals surface area contributed by atoms with E-state index in [1.165, 1.54) is 11.8 Å². The van der Waals surface area contributed by atoms with Crippen LogP contribution < -0.4 is 5.73 Å². The van der Waals surface area contributed by atoms with Gasteiger partial charge in [-0.25, -0.2) is 0 Å². The molecule has 0 aromatic rings. The van der Waals surface area contributed by atoms with Crippen LogP contribution in [0.3, 0.4) is 0 Å². The topological polar surface area (TPSA) is 38.4 Å². The number of terminal acetylenes is 1. The minimum absolute atomic E-state index is 0. The van der Waals surface area contributed by atoms with Gasteiger partial charge in [-0.05, 0) is 0 Å². The third-order valence-electron chi connectivity index (χ3n) is 0.680. The Hall–Kier alpha value is -0.590. The molecule has 0 amide bonds. The van der Waals surface area contributed by atoms with Gasteiger partial charge in [-0.1, -0.05) is 23.8 Å². The first kappa shape index (κ1) is 13.0. The number of hydrogen-bond donors (Lipinski definition) is 1. The van der Waals surface area contributed by atoms with Crippen LogP contribution >= 0.6 is 24.2 Å². The molecular formula is C7H11ClN2S. The third kappa shape index (κ3) is 9.41. The molecule has 11 heavy (non-hydrogen) atoms. The van der Waals surface area contributed by atoms with Crippen LogP contribution in [0.5, 0.6) is 0 Å². The molecule has 0 aliphatic rings. The maximum absolute atomic E-state index is 5.42. The van der Waals surface area contributed by atoms with Gasteiger partial charge < -0.3 is 5.73 Å². The molecule has 0 aromatic carbocycles. The van der Waals surface area contributed by atoms with Crippen molar-refractivity contribution in [3.63, 3.8) is 0 Å². The summed E-state index contributed by atoms with van der Waals surface area (Å²) >= 11 is 1.36. The van der Waals surface area contributed by atoms with E-state index in [0.717, 1.165) is 0 Å². The Morgan fingerprint density at radius 2 is 2.45 bits per heavy atom. The summed E-state index contributed by atoms with van der Waals surface area (Å²) in [5, 5.41) is 0.526. The summed E-state index contributed by atoms with van der Waals surface area (Å²) in [6, 6.07) is 0. The maximum atomic E-state index is 5.42. The first-order chi connectivity index (χ1) is 4.81. The monoisotopic (exact) mass is 190 g/mol. The molecule has 2 N–H and O–H groups in total. The molecule has 0 rings (SSSR count). The predicted octanol–water partition coefficient (Wildman–Crippen LogP) is 1.28. The molecule has 0 aliphatic carbocycles. The summed E-state index contributed by atoms with van der Waals surface area (Å²) in [5.41, 5.74) is 5.42. The molecule has 2 nitrogen and oxygen atoms in total. The van der Waals surface area contributed by atoms with Gasteiger partial charge in [0.1, 0.15) is 0 Å². The predicted molar refractivity (Wildman–Crippen MR) is 55.2 cm³/mol. The number of nitrogens with two attached hydrogens (primary N) is 1. The summed E-state index contributed by atoms with van der Waals surface area (Å²) in [5.74, 6) is 3.03. The highest BCUT2D eigenvalue weighted by Gasteiger charge is 1.87. The van der Waals surface area contributed by atoms with Crippen LogP contribution in [-0.2, 0) is 0 Å². The highest BCUT2D eigenvalue weighted by Crippen LogP contribution is 1.96. The summed E-state index contributed by atoms with van der Waals surface area (Å²) in [6.07, 6.45) is 6.69. The maximum Gasteiger partial charge on any atom is 0.155 e. The lowest BCUT2D eigenvalue weighted by molar-refractivity contribution is 1.25. The molecule has 0 fully saturated rings. The number of hydrogen-bond acceptors (Lipinski definition) is 2. The van der Waals surface area contributed by atoms with Crippen LogP contribution in [0, 0.1) is 12.3 Å². The second-order valence-corrected chi connectivity index (χ2v) is 2.46. The van der Waals surface area contributed by atoms with Crippen LogP contribution in [0.1, 0.15) is 0 Å². The highest BCUT2D eigenvalue weighted by molar-refractivity contribution is 8.13. The zero-order chi connectivity index (χ0) is 7.82. The smallest absolute Gasteiger partial charge is 0.155 e. The Morgan fingerprint density at radius 1 is 1.82 bits per heavy atom. The summed E-state index contributed by atoms with van der Waals surface area (Å²) < 4.78 is 0. The van der Waals surface area contributed by atoms with Crippen molar-refractivity contribution in [2.45, 2.75) is 0 Å². The van der Waals surface area contributed by atoms with E-state index in [1.54, 1.807) is 6.08 Å². The van der Waals surface area contributed by atoms with Crippen LogP contribution in [0.2, 0.25) is 0 Å². The van der Waals surface area contributed by atoms with Gasteiger partial charge in [-0.3, -0.25) is 4.99 Å². The van der Waals surface area contributed by atoms with Crippen LogP contribution in [0.25, 0.3) is 0 Å². The fourth-order valence-electron chi connectivity index (χ4n) is 0.316. The molecule has 0 spiro atoms. The van der Waals surface area contributed by atoms with Crippen molar-refractivity contribution < 1.29 is 0 Å². The number of aliphatic imine (C=N–C) groups is 1. The minimum Gasteiger partial charge on any atom is -0.379 e. The van der Waals surface area contributed by atoms with E-state index in [4.69, 9.17) is 12.2 Å². The molecule has 0 saturated carbocycles. The average molecular weight is 191 g/mol.